The largest absolute Gasteiger partial charge is 0.297 e. The lowest BCUT2D eigenvalue weighted by Crippen LogP contribution is -2.14. The Hall–Kier alpha value is -1.79. The molecule has 1 unspecified atom stereocenters. The van der Waals surface area contributed by atoms with E-state index in [2.05, 4.69) is 26.6 Å². The number of ketones is 1. The predicted molar refractivity (Wildman–Crippen MR) is 86.3 cm³/mol. The van der Waals surface area contributed by atoms with Crippen LogP contribution in [0, 0.1) is 18.3 Å². The fourth-order valence-electron chi connectivity index (χ4n) is 2.65. The molecule has 0 spiro atoms. The second-order valence-corrected chi connectivity index (χ2v) is 7.32. The van der Waals surface area contributed by atoms with Crippen molar-refractivity contribution in [1.29, 1.82) is 5.26 Å². The van der Waals surface area contributed by atoms with E-state index in [9.17, 15) is 10.1 Å². The number of carbonyl (C=O) groups is 1. The zero-order valence-electron chi connectivity index (χ0n) is 12.7. The van der Waals surface area contributed by atoms with Gasteiger partial charge in [0.05, 0.1) is 17.9 Å². The summed E-state index contributed by atoms with van der Waals surface area (Å²) in [7, 11) is 0. The van der Waals surface area contributed by atoms with Crippen molar-refractivity contribution in [3.8, 4) is 6.07 Å². The Kier molecular flexibility index (Phi) is 5.03. The molecule has 0 aliphatic heterocycles. The molecule has 23 heavy (non-hydrogen) atoms. The summed E-state index contributed by atoms with van der Waals surface area (Å²) >= 11 is 2.65. The van der Waals surface area contributed by atoms with Crippen molar-refractivity contribution in [1.82, 2.24) is 25.2 Å². The number of tetrazole rings is 1. The molecule has 0 radical (unpaired) electrons. The maximum Gasteiger partial charge on any atom is 0.210 e. The summed E-state index contributed by atoms with van der Waals surface area (Å²) in [6, 6.07) is 2.39. The summed E-state index contributed by atoms with van der Waals surface area (Å²) in [6.45, 7) is 1.85. The molecule has 1 fully saturated rings. The van der Waals surface area contributed by atoms with E-state index in [1.54, 1.807) is 0 Å². The molecular formula is C14H16N6OS2. The zero-order valence-corrected chi connectivity index (χ0v) is 14.3. The minimum atomic E-state index is -0.808. The van der Waals surface area contributed by atoms with Gasteiger partial charge in [-0.05, 0) is 30.2 Å². The van der Waals surface area contributed by atoms with Gasteiger partial charge in [0, 0.05) is 11.1 Å². The van der Waals surface area contributed by atoms with Crippen molar-refractivity contribution in [2.24, 2.45) is 0 Å². The molecule has 2 aromatic heterocycles. The first kappa shape index (κ1) is 16.1. The number of hydrogen-bond acceptors (Lipinski definition) is 8. The molecular weight excluding hydrogens is 332 g/mol. The first-order valence-electron chi connectivity index (χ1n) is 7.44. The summed E-state index contributed by atoms with van der Waals surface area (Å²) in [6.07, 6.45) is 4.53. The van der Waals surface area contributed by atoms with Crippen LogP contribution in [0.2, 0.25) is 0 Å². The summed E-state index contributed by atoms with van der Waals surface area (Å²) in [5.41, 5.74) is 0.830. The second kappa shape index (κ2) is 7.19. The molecule has 2 heterocycles. The predicted octanol–water partition coefficient (Wildman–Crippen LogP) is 2.52. The van der Waals surface area contributed by atoms with Crippen LogP contribution < -0.4 is 0 Å². The van der Waals surface area contributed by atoms with Gasteiger partial charge in [0.1, 0.15) is 5.01 Å². The fourth-order valence-corrected chi connectivity index (χ4v) is 4.36. The molecule has 1 aliphatic carbocycles. The smallest absolute Gasteiger partial charge is 0.210 e. The van der Waals surface area contributed by atoms with Gasteiger partial charge in [0.15, 0.2) is 11.7 Å². The monoisotopic (exact) mass is 348 g/mol. The number of rotatable bonds is 6. The van der Waals surface area contributed by atoms with Crippen molar-refractivity contribution in [2.45, 2.75) is 49.7 Å². The van der Waals surface area contributed by atoms with Crippen LogP contribution >= 0.6 is 23.1 Å². The van der Waals surface area contributed by atoms with Crippen molar-refractivity contribution < 1.29 is 4.79 Å². The summed E-state index contributed by atoms with van der Waals surface area (Å²) in [4.78, 5) is 16.6. The van der Waals surface area contributed by atoms with E-state index >= 15 is 0 Å². The molecule has 1 aliphatic rings. The third kappa shape index (κ3) is 3.59. The molecule has 2 aromatic rings. The van der Waals surface area contributed by atoms with E-state index in [0.717, 1.165) is 18.5 Å². The van der Waals surface area contributed by atoms with E-state index in [-0.39, 0.29) is 11.5 Å². The maximum absolute atomic E-state index is 12.4. The number of nitrogens with zero attached hydrogens (tertiary/aromatic N) is 6. The van der Waals surface area contributed by atoms with Crippen LogP contribution in [0.1, 0.15) is 48.3 Å². The van der Waals surface area contributed by atoms with Crippen LogP contribution in [0.5, 0.6) is 0 Å². The topological polar surface area (TPSA) is 97.4 Å². The molecule has 0 amide bonds. The first-order chi connectivity index (χ1) is 11.2. The number of thiazole rings is 1. The summed E-state index contributed by atoms with van der Waals surface area (Å²) in [5.74, 6) is -0.797. The van der Waals surface area contributed by atoms with Crippen molar-refractivity contribution in [3.63, 3.8) is 0 Å². The van der Waals surface area contributed by atoms with Gasteiger partial charge in [-0.15, -0.1) is 16.4 Å². The molecule has 1 atom stereocenters. The highest BCUT2D eigenvalue weighted by Crippen LogP contribution is 2.32. The number of hydrogen-bond donors (Lipinski definition) is 0. The van der Waals surface area contributed by atoms with Crippen molar-refractivity contribution in [3.05, 3.63) is 16.1 Å². The highest BCUT2D eigenvalue weighted by atomic mass is 32.2. The fraction of sp³-hybridized carbons (Fsp3) is 0.571. The Morgan fingerprint density at radius 1 is 1.57 bits per heavy atom. The minimum Gasteiger partial charge on any atom is -0.297 e. The number of carbonyl (C=O) groups excluding carboxylic acids is 1. The lowest BCUT2D eigenvalue weighted by Gasteiger charge is -2.10. The Morgan fingerprint density at radius 3 is 3.00 bits per heavy atom. The maximum atomic E-state index is 12.4. The summed E-state index contributed by atoms with van der Waals surface area (Å²) in [5, 5.41) is 24.1. The van der Waals surface area contributed by atoms with Gasteiger partial charge in [-0.3, -0.25) is 4.79 Å². The van der Waals surface area contributed by atoms with Crippen LogP contribution in [0.3, 0.4) is 0 Å². The lowest BCUT2D eigenvalue weighted by atomic mass is 10.1. The Bertz CT molecular complexity index is 728. The van der Waals surface area contributed by atoms with Gasteiger partial charge in [-0.1, -0.05) is 24.6 Å². The number of nitriles is 1. The number of Topliss-reactive ketones (excluding diaryl/α,β-unsaturated/α-hetero) is 1. The highest BCUT2D eigenvalue weighted by Gasteiger charge is 2.26. The molecule has 3 rings (SSSR count). The molecule has 120 valence electrons. The SMILES string of the molecule is Cc1csc(C(C#N)C(=O)CSc2nnnn2C2CCCC2)n1. The van der Waals surface area contributed by atoms with Crippen LogP contribution in [-0.4, -0.2) is 36.7 Å². The van der Waals surface area contributed by atoms with E-state index in [1.807, 2.05) is 17.0 Å². The van der Waals surface area contributed by atoms with Gasteiger partial charge in [-0.2, -0.15) is 5.26 Å². The summed E-state index contributed by atoms with van der Waals surface area (Å²) < 4.78 is 1.82. The molecule has 0 bridgehead atoms. The van der Waals surface area contributed by atoms with Crippen molar-refractivity contribution >= 4 is 28.9 Å². The highest BCUT2D eigenvalue weighted by molar-refractivity contribution is 7.99. The first-order valence-corrected chi connectivity index (χ1v) is 9.30. The third-order valence-corrected chi connectivity index (χ3v) is 5.79. The molecule has 1 saturated carbocycles. The van der Waals surface area contributed by atoms with Gasteiger partial charge < -0.3 is 0 Å². The van der Waals surface area contributed by atoms with E-state index in [0.29, 0.717) is 16.2 Å². The van der Waals surface area contributed by atoms with E-state index in [1.165, 1.54) is 35.9 Å². The van der Waals surface area contributed by atoms with Gasteiger partial charge in [-0.25, -0.2) is 9.67 Å². The zero-order chi connectivity index (χ0) is 16.2. The van der Waals surface area contributed by atoms with Crippen LogP contribution in [0.25, 0.3) is 0 Å². The average molecular weight is 348 g/mol. The van der Waals surface area contributed by atoms with Crippen molar-refractivity contribution in [2.75, 3.05) is 5.75 Å². The quantitative estimate of drug-likeness (QED) is 0.740. The lowest BCUT2D eigenvalue weighted by molar-refractivity contribution is -0.116. The van der Waals surface area contributed by atoms with E-state index in [4.69, 9.17) is 0 Å². The second-order valence-electron chi connectivity index (χ2n) is 5.49. The molecule has 7 nitrogen and oxygen atoms in total. The van der Waals surface area contributed by atoms with Crippen LogP contribution in [-0.2, 0) is 4.79 Å². The third-order valence-electron chi connectivity index (χ3n) is 3.81. The Labute approximate surface area is 142 Å². The number of aryl methyl sites for hydroxylation is 1. The van der Waals surface area contributed by atoms with Crippen LogP contribution in [0.4, 0.5) is 0 Å². The Morgan fingerprint density at radius 2 is 2.35 bits per heavy atom. The molecule has 9 heteroatoms. The Balaban J connectivity index is 1.65. The number of aromatic nitrogens is 5. The normalized spacial score (nSPS) is 16.3. The minimum absolute atomic E-state index is 0.159. The van der Waals surface area contributed by atoms with Gasteiger partial charge in [0.2, 0.25) is 5.16 Å². The van der Waals surface area contributed by atoms with Gasteiger partial charge >= 0.3 is 0 Å². The van der Waals surface area contributed by atoms with Crippen LogP contribution in [0.15, 0.2) is 10.5 Å². The van der Waals surface area contributed by atoms with E-state index < -0.39 is 5.92 Å². The van der Waals surface area contributed by atoms with Gasteiger partial charge in [0.25, 0.3) is 0 Å². The standard InChI is InChI=1S/C14H16N6OS2/c1-9-7-22-13(16-9)11(6-15)12(21)8-23-14-17-18-19-20(14)10-4-2-3-5-10/h7,10-11H,2-5,8H2,1H3. The average Bonchev–Trinajstić information content (AvgIpc) is 3.27. The number of thioether (sulfide) groups is 1. The molecule has 0 N–H and O–H groups in total. The molecule has 0 saturated heterocycles. The molecule has 0 aromatic carbocycles.